The summed E-state index contributed by atoms with van der Waals surface area (Å²) < 4.78 is 27.2. The maximum Gasteiger partial charge on any atom is 0.295 e. The van der Waals surface area contributed by atoms with E-state index >= 15 is 0 Å². The highest BCUT2D eigenvalue weighted by Gasteiger charge is 2.32. The van der Waals surface area contributed by atoms with Crippen molar-refractivity contribution in [2.75, 3.05) is 37.6 Å². The highest BCUT2D eigenvalue weighted by Crippen LogP contribution is 2.19. The molecule has 1 fully saturated rings. The first-order valence-corrected chi connectivity index (χ1v) is 9.04. The zero-order chi connectivity index (χ0) is 15.5. The van der Waals surface area contributed by atoms with Crippen LogP contribution in [0.3, 0.4) is 0 Å². The van der Waals surface area contributed by atoms with E-state index in [4.69, 9.17) is 0 Å². The molecule has 118 valence electrons. The second-order valence-corrected chi connectivity index (χ2v) is 7.42. The van der Waals surface area contributed by atoms with E-state index in [9.17, 15) is 8.42 Å². The molecule has 2 heterocycles. The summed E-state index contributed by atoms with van der Waals surface area (Å²) in [7, 11) is -3.45. The highest BCUT2D eigenvalue weighted by molar-refractivity contribution is 7.89. The zero-order valence-corrected chi connectivity index (χ0v) is 13.8. The van der Waals surface area contributed by atoms with Gasteiger partial charge in [-0.25, -0.2) is 23.0 Å². The van der Waals surface area contributed by atoms with Crippen molar-refractivity contribution in [2.24, 2.45) is 0 Å². The van der Waals surface area contributed by atoms with Gasteiger partial charge in [0.15, 0.2) is 4.90 Å². The van der Waals surface area contributed by atoms with Crippen LogP contribution in [0.4, 0.5) is 5.82 Å². The first kappa shape index (κ1) is 16.2. The van der Waals surface area contributed by atoms with E-state index in [1.165, 1.54) is 0 Å². The van der Waals surface area contributed by atoms with Crippen molar-refractivity contribution in [3.63, 3.8) is 0 Å². The Morgan fingerprint density at radius 3 is 2.62 bits per heavy atom. The van der Waals surface area contributed by atoms with Crippen molar-refractivity contribution < 1.29 is 18.3 Å². The molecule has 21 heavy (non-hydrogen) atoms. The van der Waals surface area contributed by atoms with Gasteiger partial charge in [-0.05, 0) is 26.0 Å². The van der Waals surface area contributed by atoms with Gasteiger partial charge in [0.1, 0.15) is 26.2 Å². The topological polar surface area (TPSA) is 68.0 Å². The SMILES string of the molecule is CCNS(=O)(=O)c1ccc[nH+]c1N1CC[NH+](C(C)C)CC1. The van der Waals surface area contributed by atoms with Crippen molar-refractivity contribution in [3.05, 3.63) is 18.3 Å². The summed E-state index contributed by atoms with van der Waals surface area (Å²) >= 11 is 0. The minimum absolute atomic E-state index is 0.333. The quantitative estimate of drug-likeness (QED) is 0.726. The molecule has 2 rings (SSSR count). The number of nitrogens with one attached hydrogen (secondary N) is 3. The van der Waals surface area contributed by atoms with Gasteiger partial charge in [0.25, 0.3) is 5.82 Å². The molecule has 0 aliphatic carbocycles. The lowest BCUT2D eigenvalue weighted by Crippen LogP contribution is -3.17. The third kappa shape index (κ3) is 3.72. The molecular formula is C14H26N4O2S+2. The number of aromatic amines is 1. The number of hydrogen-bond donors (Lipinski definition) is 2. The van der Waals surface area contributed by atoms with E-state index in [0.29, 0.717) is 23.3 Å². The molecule has 0 radical (unpaired) electrons. The molecule has 0 unspecified atom stereocenters. The Morgan fingerprint density at radius 2 is 2.05 bits per heavy atom. The van der Waals surface area contributed by atoms with Crippen LogP contribution in [0.5, 0.6) is 0 Å². The fraction of sp³-hybridized carbons (Fsp3) is 0.643. The van der Waals surface area contributed by atoms with E-state index in [-0.39, 0.29) is 0 Å². The molecule has 7 heteroatoms. The number of aromatic nitrogens is 1. The molecule has 0 spiro atoms. The van der Waals surface area contributed by atoms with E-state index in [1.807, 2.05) is 0 Å². The average Bonchev–Trinajstić information content (AvgIpc) is 2.47. The van der Waals surface area contributed by atoms with Crippen LogP contribution < -0.4 is 19.5 Å². The molecule has 0 saturated carbocycles. The summed E-state index contributed by atoms with van der Waals surface area (Å²) in [5.41, 5.74) is 0. The van der Waals surface area contributed by atoms with Gasteiger partial charge in [-0.2, -0.15) is 0 Å². The monoisotopic (exact) mass is 314 g/mol. The van der Waals surface area contributed by atoms with Gasteiger partial charge in [-0.1, -0.05) is 6.92 Å². The molecule has 1 aromatic heterocycles. The lowest BCUT2D eigenvalue weighted by molar-refractivity contribution is -0.922. The Labute approximate surface area is 127 Å². The van der Waals surface area contributed by atoms with Gasteiger partial charge < -0.3 is 4.90 Å². The van der Waals surface area contributed by atoms with Crippen LogP contribution >= 0.6 is 0 Å². The van der Waals surface area contributed by atoms with Crippen molar-refractivity contribution in [3.8, 4) is 0 Å². The summed E-state index contributed by atoms with van der Waals surface area (Å²) in [4.78, 5) is 7.15. The Hall–Kier alpha value is -1.18. The molecule has 1 aliphatic rings. The normalized spacial score (nSPS) is 17.4. The molecule has 6 nitrogen and oxygen atoms in total. The van der Waals surface area contributed by atoms with Crippen molar-refractivity contribution in [2.45, 2.75) is 31.7 Å². The van der Waals surface area contributed by atoms with E-state index in [0.717, 1.165) is 26.2 Å². The van der Waals surface area contributed by atoms with E-state index in [2.05, 4.69) is 28.5 Å². The fourth-order valence-corrected chi connectivity index (χ4v) is 3.98. The van der Waals surface area contributed by atoms with Crippen molar-refractivity contribution in [1.82, 2.24) is 4.72 Å². The van der Waals surface area contributed by atoms with Crippen LogP contribution in [0, 0.1) is 0 Å². The van der Waals surface area contributed by atoms with Crippen LogP contribution in [-0.2, 0) is 10.0 Å². The number of rotatable bonds is 5. The smallest absolute Gasteiger partial charge is 0.295 e. The molecule has 0 amide bonds. The minimum Gasteiger partial charge on any atom is -0.326 e. The van der Waals surface area contributed by atoms with E-state index < -0.39 is 10.0 Å². The van der Waals surface area contributed by atoms with Crippen LogP contribution in [0.15, 0.2) is 23.2 Å². The Kier molecular flexibility index (Phi) is 5.18. The van der Waals surface area contributed by atoms with Gasteiger partial charge in [0.05, 0.1) is 12.2 Å². The standard InChI is InChI=1S/C14H24N4O2S/c1-4-16-21(19,20)13-6-5-7-15-14(13)18-10-8-17(9-11-18)12(2)3/h5-7,12,16H,4,8-11H2,1-3H3/p+2. The van der Waals surface area contributed by atoms with Gasteiger partial charge in [0, 0.05) is 6.54 Å². The second-order valence-electron chi connectivity index (χ2n) is 5.68. The number of pyridine rings is 1. The molecule has 0 aromatic carbocycles. The molecule has 0 atom stereocenters. The number of anilines is 1. The van der Waals surface area contributed by atoms with Crippen LogP contribution in [0.1, 0.15) is 20.8 Å². The second kappa shape index (κ2) is 6.72. The molecule has 3 N–H and O–H groups in total. The van der Waals surface area contributed by atoms with Gasteiger partial charge >= 0.3 is 0 Å². The fourth-order valence-electron chi connectivity index (χ4n) is 2.74. The minimum atomic E-state index is -3.45. The molecule has 1 aromatic rings. The Morgan fingerprint density at radius 1 is 1.38 bits per heavy atom. The van der Waals surface area contributed by atoms with Gasteiger partial charge in [0.2, 0.25) is 10.0 Å². The highest BCUT2D eigenvalue weighted by atomic mass is 32.2. The third-order valence-electron chi connectivity index (χ3n) is 3.96. The van der Waals surface area contributed by atoms with Crippen LogP contribution in [0.25, 0.3) is 0 Å². The summed E-state index contributed by atoms with van der Waals surface area (Å²) in [6.07, 6.45) is 1.78. The first-order valence-electron chi connectivity index (χ1n) is 7.55. The zero-order valence-electron chi connectivity index (χ0n) is 13.0. The lowest BCUT2D eigenvalue weighted by atomic mass is 10.2. The number of piperazine rings is 1. The van der Waals surface area contributed by atoms with Crippen LogP contribution in [0.2, 0.25) is 0 Å². The van der Waals surface area contributed by atoms with Crippen LogP contribution in [-0.4, -0.2) is 47.2 Å². The number of H-pyrrole nitrogens is 1. The maximum absolute atomic E-state index is 12.3. The van der Waals surface area contributed by atoms with Gasteiger partial charge in [-0.3, -0.25) is 0 Å². The Balaban J connectivity index is 2.22. The maximum atomic E-state index is 12.3. The predicted molar refractivity (Wildman–Crippen MR) is 81.9 cm³/mol. The number of nitrogens with zero attached hydrogens (tertiary/aromatic N) is 1. The molecule has 1 saturated heterocycles. The summed E-state index contributed by atoms with van der Waals surface area (Å²) in [6.45, 7) is 10.4. The molecular weight excluding hydrogens is 288 g/mol. The van der Waals surface area contributed by atoms with E-state index in [1.54, 1.807) is 30.2 Å². The molecule has 0 bridgehead atoms. The summed E-state index contributed by atoms with van der Waals surface area (Å²) in [6, 6.07) is 3.99. The van der Waals surface area contributed by atoms with Crippen molar-refractivity contribution in [1.29, 1.82) is 0 Å². The Bertz CT molecular complexity index is 566. The number of sulfonamides is 1. The molecule has 1 aliphatic heterocycles. The number of quaternary nitrogens is 1. The third-order valence-corrected chi connectivity index (χ3v) is 5.54. The van der Waals surface area contributed by atoms with Gasteiger partial charge in [-0.15, -0.1) is 0 Å². The first-order chi connectivity index (χ1) is 9.95. The largest absolute Gasteiger partial charge is 0.326 e. The summed E-state index contributed by atoms with van der Waals surface area (Å²) in [5.74, 6) is 0.696. The van der Waals surface area contributed by atoms with Crippen molar-refractivity contribution >= 4 is 15.8 Å². The number of hydrogen-bond acceptors (Lipinski definition) is 3. The lowest BCUT2D eigenvalue weighted by Gasteiger charge is -2.31. The predicted octanol–water partition coefficient (Wildman–Crippen LogP) is -1.09. The average molecular weight is 314 g/mol. The summed E-state index contributed by atoms with van der Waals surface area (Å²) in [5, 5.41) is 0.